The zero-order chi connectivity index (χ0) is 13.1. The summed E-state index contributed by atoms with van der Waals surface area (Å²) in [4.78, 5) is 7.03. The molecule has 1 aliphatic heterocycles. The van der Waals surface area contributed by atoms with Crippen molar-refractivity contribution in [1.82, 2.24) is 14.5 Å². The Balaban J connectivity index is 1.80. The molecule has 0 N–H and O–H groups in total. The third-order valence-corrected chi connectivity index (χ3v) is 3.61. The molecule has 100 valence electrons. The predicted molar refractivity (Wildman–Crippen MR) is 77.1 cm³/mol. The number of para-hydroxylation sites is 2. The van der Waals surface area contributed by atoms with E-state index < -0.39 is 0 Å². The molecule has 2 aromatic rings. The lowest BCUT2D eigenvalue weighted by molar-refractivity contribution is 0.0365. The summed E-state index contributed by atoms with van der Waals surface area (Å²) in [5.41, 5.74) is 2.23. The van der Waals surface area contributed by atoms with Gasteiger partial charge < -0.3 is 9.30 Å². The van der Waals surface area contributed by atoms with Crippen molar-refractivity contribution in [3.05, 3.63) is 36.7 Å². The van der Waals surface area contributed by atoms with Gasteiger partial charge in [-0.3, -0.25) is 4.90 Å². The van der Waals surface area contributed by atoms with Crippen LogP contribution < -0.4 is 0 Å². The molecular weight excluding hydrogens is 238 g/mol. The average molecular weight is 257 g/mol. The second-order valence-corrected chi connectivity index (χ2v) is 4.77. The summed E-state index contributed by atoms with van der Waals surface area (Å²) >= 11 is 0. The molecule has 0 amide bonds. The second kappa shape index (κ2) is 5.55. The zero-order valence-electron chi connectivity index (χ0n) is 11.1. The summed E-state index contributed by atoms with van der Waals surface area (Å²) in [6.07, 6.45) is 1.83. The number of hydrogen-bond donors (Lipinski definition) is 0. The van der Waals surface area contributed by atoms with Gasteiger partial charge in [0.15, 0.2) is 0 Å². The smallest absolute Gasteiger partial charge is 0.133 e. The summed E-state index contributed by atoms with van der Waals surface area (Å²) in [7, 11) is 0. The van der Waals surface area contributed by atoms with Gasteiger partial charge >= 0.3 is 0 Å². The largest absolute Gasteiger partial charge is 0.379 e. The average Bonchev–Trinajstić information content (AvgIpc) is 2.84. The van der Waals surface area contributed by atoms with E-state index in [1.54, 1.807) is 0 Å². The molecule has 1 aliphatic rings. The topological polar surface area (TPSA) is 30.3 Å². The fraction of sp³-hybridized carbons (Fsp3) is 0.400. The third-order valence-electron chi connectivity index (χ3n) is 3.61. The molecule has 4 nitrogen and oxygen atoms in total. The number of morpholine rings is 1. The SMILES string of the molecule is C=Cc1nc2ccccc2n1CCN1CCOCC1. The summed E-state index contributed by atoms with van der Waals surface area (Å²) in [6, 6.07) is 8.25. The first-order valence-corrected chi connectivity index (χ1v) is 6.76. The van der Waals surface area contributed by atoms with Gasteiger partial charge in [0, 0.05) is 26.2 Å². The summed E-state index contributed by atoms with van der Waals surface area (Å²) < 4.78 is 7.62. The Labute approximate surface area is 113 Å². The molecule has 1 fully saturated rings. The van der Waals surface area contributed by atoms with Gasteiger partial charge in [0.05, 0.1) is 24.2 Å². The van der Waals surface area contributed by atoms with Crippen molar-refractivity contribution in [2.45, 2.75) is 6.54 Å². The van der Waals surface area contributed by atoms with Crippen LogP contribution in [0.1, 0.15) is 5.82 Å². The first-order chi connectivity index (χ1) is 9.38. The molecule has 1 saturated heterocycles. The van der Waals surface area contributed by atoms with E-state index in [1.807, 2.05) is 18.2 Å². The van der Waals surface area contributed by atoms with E-state index in [0.29, 0.717) is 0 Å². The van der Waals surface area contributed by atoms with E-state index in [2.05, 4.69) is 33.2 Å². The third kappa shape index (κ3) is 2.55. The Morgan fingerprint density at radius 3 is 2.79 bits per heavy atom. The van der Waals surface area contributed by atoms with Crippen molar-refractivity contribution in [2.75, 3.05) is 32.8 Å². The van der Waals surface area contributed by atoms with E-state index in [0.717, 1.165) is 50.7 Å². The highest BCUT2D eigenvalue weighted by atomic mass is 16.5. The number of ether oxygens (including phenoxy) is 1. The lowest BCUT2D eigenvalue weighted by Gasteiger charge is -2.26. The highest BCUT2D eigenvalue weighted by Gasteiger charge is 2.12. The molecule has 2 heterocycles. The maximum atomic E-state index is 5.37. The van der Waals surface area contributed by atoms with Crippen molar-refractivity contribution in [2.24, 2.45) is 0 Å². The van der Waals surface area contributed by atoms with E-state index in [1.165, 1.54) is 5.52 Å². The minimum atomic E-state index is 0.846. The van der Waals surface area contributed by atoms with E-state index in [9.17, 15) is 0 Å². The number of nitrogens with zero attached hydrogens (tertiary/aromatic N) is 3. The van der Waals surface area contributed by atoms with Crippen LogP contribution in [-0.2, 0) is 11.3 Å². The van der Waals surface area contributed by atoms with E-state index >= 15 is 0 Å². The summed E-state index contributed by atoms with van der Waals surface area (Å²) in [5.74, 6) is 0.953. The van der Waals surface area contributed by atoms with Crippen molar-refractivity contribution in [1.29, 1.82) is 0 Å². The van der Waals surface area contributed by atoms with Gasteiger partial charge in [-0.05, 0) is 18.2 Å². The highest BCUT2D eigenvalue weighted by Crippen LogP contribution is 2.16. The number of fused-ring (bicyclic) bond motifs is 1. The lowest BCUT2D eigenvalue weighted by atomic mass is 10.3. The summed E-state index contributed by atoms with van der Waals surface area (Å²) in [6.45, 7) is 9.58. The molecule has 0 aliphatic carbocycles. The molecule has 1 aromatic heterocycles. The van der Waals surface area contributed by atoms with Crippen LogP contribution in [0.15, 0.2) is 30.8 Å². The van der Waals surface area contributed by atoms with Crippen molar-refractivity contribution in [3.63, 3.8) is 0 Å². The van der Waals surface area contributed by atoms with Gasteiger partial charge in [-0.15, -0.1) is 0 Å². The van der Waals surface area contributed by atoms with Crippen LogP contribution >= 0.6 is 0 Å². The molecule has 0 unspecified atom stereocenters. The number of imidazole rings is 1. The van der Waals surface area contributed by atoms with E-state index in [4.69, 9.17) is 4.74 Å². The maximum Gasteiger partial charge on any atom is 0.133 e. The second-order valence-electron chi connectivity index (χ2n) is 4.77. The monoisotopic (exact) mass is 257 g/mol. The van der Waals surface area contributed by atoms with Gasteiger partial charge in [0.2, 0.25) is 0 Å². The molecule has 19 heavy (non-hydrogen) atoms. The van der Waals surface area contributed by atoms with Crippen molar-refractivity contribution in [3.8, 4) is 0 Å². The number of rotatable bonds is 4. The predicted octanol–water partition coefficient (Wildman–Crippen LogP) is 2.01. The van der Waals surface area contributed by atoms with E-state index in [-0.39, 0.29) is 0 Å². The Morgan fingerprint density at radius 2 is 2.00 bits per heavy atom. The van der Waals surface area contributed by atoms with Crippen LogP contribution in [0.3, 0.4) is 0 Å². The number of aromatic nitrogens is 2. The van der Waals surface area contributed by atoms with Crippen LogP contribution in [0.5, 0.6) is 0 Å². The van der Waals surface area contributed by atoms with Gasteiger partial charge in [-0.2, -0.15) is 0 Å². The maximum absolute atomic E-state index is 5.37. The Morgan fingerprint density at radius 1 is 1.21 bits per heavy atom. The van der Waals surface area contributed by atoms with Crippen LogP contribution in [0.2, 0.25) is 0 Å². The lowest BCUT2D eigenvalue weighted by Crippen LogP contribution is -2.38. The minimum absolute atomic E-state index is 0.846. The van der Waals surface area contributed by atoms with Gasteiger partial charge in [-0.1, -0.05) is 18.7 Å². The van der Waals surface area contributed by atoms with Gasteiger partial charge in [-0.25, -0.2) is 4.98 Å². The molecular formula is C15H19N3O. The van der Waals surface area contributed by atoms with Crippen LogP contribution in [0.25, 0.3) is 17.1 Å². The normalized spacial score (nSPS) is 16.8. The van der Waals surface area contributed by atoms with Crippen molar-refractivity contribution < 1.29 is 4.74 Å². The Hall–Kier alpha value is -1.65. The molecule has 0 atom stereocenters. The number of hydrogen-bond acceptors (Lipinski definition) is 3. The molecule has 0 bridgehead atoms. The first-order valence-electron chi connectivity index (χ1n) is 6.76. The van der Waals surface area contributed by atoms with Crippen LogP contribution in [0, 0.1) is 0 Å². The van der Waals surface area contributed by atoms with Gasteiger partial charge in [0.25, 0.3) is 0 Å². The molecule has 1 aromatic carbocycles. The summed E-state index contributed by atoms with van der Waals surface area (Å²) in [5, 5.41) is 0. The quantitative estimate of drug-likeness (QED) is 0.839. The molecule has 0 spiro atoms. The fourth-order valence-electron chi connectivity index (χ4n) is 2.55. The minimum Gasteiger partial charge on any atom is -0.379 e. The zero-order valence-corrected chi connectivity index (χ0v) is 11.1. The Kier molecular flexibility index (Phi) is 3.62. The van der Waals surface area contributed by atoms with Crippen molar-refractivity contribution >= 4 is 17.1 Å². The fourth-order valence-corrected chi connectivity index (χ4v) is 2.55. The molecule has 0 radical (unpaired) electrons. The van der Waals surface area contributed by atoms with Crippen LogP contribution in [-0.4, -0.2) is 47.3 Å². The molecule has 4 heteroatoms. The highest BCUT2D eigenvalue weighted by molar-refractivity contribution is 5.77. The van der Waals surface area contributed by atoms with Gasteiger partial charge in [0.1, 0.15) is 5.82 Å². The van der Waals surface area contributed by atoms with Crippen LogP contribution in [0.4, 0.5) is 0 Å². The standard InChI is InChI=1S/C15H19N3O/c1-2-15-16-13-5-3-4-6-14(13)18(15)8-7-17-9-11-19-12-10-17/h2-6H,1,7-12H2. The molecule has 0 saturated carbocycles. The first kappa shape index (κ1) is 12.4. The Bertz CT molecular complexity index is 570. The molecule has 3 rings (SSSR count). The number of benzene rings is 1.